The van der Waals surface area contributed by atoms with Crippen molar-refractivity contribution in [3.8, 4) is 11.5 Å². The Balaban J connectivity index is 0.000000454. The molecule has 1 fully saturated rings. The van der Waals surface area contributed by atoms with Crippen molar-refractivity contribution in [3.63, 3.8) is 0 Å². The van der Waals surface area contributed by atoms with Crippen LogP contribution in [-0.2, 0) is 20.8 Å². The molecule has 12 heteroatoms. The van der Waals surface area contributed by atoms with Crippen LogP contribution in [0.15, 0.2) is 53.4 Å². The molecule has 0 bridgehead atoms. The van der Waals surface area contributed by atoms with Crippen LogP contribution >= 0.6 is 0 Å². The number of hydrogen-bond donors (Lipinski definition) is 3. The first-order valence-corrected chi connectivity index (χ1v) is 10.0. The topological polar surface area (TPSA) is 172 Å². The van der Waals surface area contributed by atoms with Gasteiger partial charge < -0.3 is 20.1 Å². The second-order valence-electron chi connectivity index (χ2n) is 7.13. The van der Waals surface area contributed by atoms with Gasteiger partial charge in [-0.05, 0) is 12.0 Å². The number of carboxylic acid groups (broad SMARTS) is 2. The van der Waals surface area contributed by atoms with Gasteiger partial charge in [-0.3, -0.25) is 14.7 Å². The number of benzene rings is 1. The van der Waals surface area contributed by atoms with E-state index in [0.717, 1.165) is 19.5 Å². The van der Waals surface area contributed by atoms with Crippen LogP contribution in [0.25, 0.3) is 11.5 Å². The minimum Gasteiger partial charge on any atom is -0.473 e. The SMILES string of the molecule is O=C(CN1CC(c2nc(-c3cnccn3)no2)C1)NCCc1ccccc1.O=C(O)C(=O)O. The molecule has 1 aliphatic heterocycles. The number of hydrogen-bond acceptors (Lipinski definition) is 9. The summed E-state index contributed by atoms with van der Waals surface area (Å²) in [4.78, 5) is 44.9. The van der Waals surface area contributed by atoms with E-state index in [4.69, 9.17) is 24.3 Å². The number of aliphatic carboxylic acids is 2. The van der Waals surface area contributed by atoms with Gasteiger partial charge in [-0.2, -0.15) is 4.98 Å². The molecule has 172 valence electrons. The number of carbonyl (C=O) groups excluding carboxylic acids is 1. The van der Waals surface area contributed by atoms with Crippen molar-refractivity contribution in [3.05, 3.63) is 60.4 Å². The number of carbonyl (C=O) groups is 3. The highest BCUT2D eigenvalue weighted by molar-refractivity contribution is 6.27. The number of aromatic nitrogens is 4. The number of rotatable bonds is 7. The number of carboxylic acids is 2. The van der Waals surface area contributed by atoms with E-state index >= 15 is 0 Å². The van der Waals surface area contributed by atoms with Gasteiger partial charge in [0.2, 0.25) is 17.6 Å². The Labute approximate surface area is 188 Å². The predicted molar refractivity (Wildman–Crippen MR) is 113 cm³/mol. The van der Waals surface area contributed by atoms with Crippen LogP contribution in [-0.4, -0.2) is 79.2 Å². The molecule has 3 N–H and O–H groups in total. The molecule has 0 atom stereocenters. The average molecular weight is 454 g/mol. The number of nitrogens with one attached hydrogen (secondary N) is 1. The van der Waals surface area contributed by atoms with Gasteiger partial charge >= 0.3 is 11.9 Å². The fourth-order valence-corrected chi connectivity index (χ4v) is 3.02. The zero-order valence-corrected chi connectivity index (χ0v) is 17.5. The van der Waals surface area contributed by atoms with Gasteiger partial charge in [-0.1, -0.05) is 35.5 Å². The number of nitrogens with zero attached hydrogens (tertiary/aromatic N) is 5. The van der Waals surface area contributed by atoms with Crippen LogP contribution in [0.4, 0.5) is 0 Å². The lowest BCUT2D eigenvalue weighted by molar-refractivity contribution is -0.159. The molecule has 0 radical (unpaired) electrons. The van der Waals surface area contributed by atoms with Crippen molar-refractivity contribution in [2.75, 3.05) is 26.2 Å². The van der Waals surface area contributed by atoms with Gasteiger partial charge in [-0.25, -0.2) is 14.6 Å². The van der Waals surface area contributed by atoms with Crippen molar-refractivity contribution in [1.82, 2.24) is 30.3 Å². The van der Waals surface area contributed by atoms with E-state index in [1.165, 1.54) is 5.56 Å². The normalized spacial score (nSPS) is 13.3. The van der Waals surface area contributed by atoms with E-state index < -0.39 is 11.9 Å². The Morgan fingerprint density at radius 2 is 1.82 bits per heavy atom. The second kappa shape index (κ2) is 11.4. The molecule has 0 unspecified atom stereocenters. The highest BCUT2D eigenvalue weighted by Gasteiger charge is 2.33. The monoisotopic (exact) mass is 454 g/mol. The van der Waals surface area contributed by atoms with Gasteiger partial charge in [0.05, 0.1) is 18.7 Å². The third-order valence-corrected chi connectivity index (χ3v) is 4.67. The quantitative estimate of drug-likeness (QED) is 0.423. The summed E-state index contributed by atoms with van der Waals surface area (Å²) in [5.41, 5.74) is 1.80. The second-order valence-corrected chi connectivity index (χ2v) is 7.13. The van der Waals surface area contributed by atoms with E-state index in [1.807, 2.05) is 18.2 Å². The van der Waals surface area contributed by atoms with Crippen molar-refractivity contribution in [1.29, 1.82) is 0 Å². The molecule has 0 aliphatic carbocycles. The van der Waals surface area contributed by atoms with Crippen molar-refractivity contribution < 1.29 is 29.1 Å². The van der Waals surface area contributed by atoms with Crippen molar-refractivity contribution in [2.24, 2.45) is 0 Å². The van der Waals surface area contributed by atoms with Crippen LogP contribution in [0.3, 0.4) is 0 Å². The van der Waals surface area contributed by atoms with Crippen LogP contribution in [0, 0.1) is 0 Å². The Morgan fingerprint density at radius 3 is 2.45 bits per heavy atom. The highest BCUT2D eigenvalue weighted by Crippen LogP contribution is 2.26. The molecule has 0 saturated carbocycles. The van der Waals surface area contributed by atoms with Gasteiger partial charge in [0.25, 0.3) is 0 Å². The summed E-state index contributed by atoms with van der Waals surface area (Å²) in [5, 5.41) is 21.7. The first kappa shape index (κ1) is 23.5. The highest BCUT2D eigenvalue weighted by atomic mass is 16.5. The Kier molecular flexibility index (Phi) is 8.13. The molecule has 33 heavy (non-hydrogen) atoms. The Hall–Kier alpha value is -4.19. The lowest BCUT2D eigenvalue weighted by atomic mass is 10.0. The molecular weight excluding hydrogens is 432 g/mol. The smallest absolute Gasteiger partial charge is 0.414 e. The van der Waals surface area contributed by atoms with Crippen LogP contribution in [0.5, 0.6) is 0 Å². The number of likely N-dealkylation sites (tertiary alicyclic amines) is 1. The molecule has 4 rings (SSSR count). The van der Waals surface area contributed by atoms with Gasteiger partial charge in [-0.15, -0.1) is 0 Å². The molecule has 1 aromatic carbocycles. The maximum absolute atomic E-state index is 12.0. The van der Waals surface area contributed by atoms with Crippen molar-refractivity contribution >= 4 is 17.8 Å². The molecule has 12 nitrogen and oxygen atoms in total. The Morgan fingerprint density at radius 1 is 1.09 bits per heavy atom. The maximum atomic E-state index is 12.0. The fourth-order valence-electron chi connectivity index (χ4n) is 3.02. The molecule has 1 amide bonds. The predicted octanol–water partition coefficient (Wildman–Crippen LogP) is 0.440. The van der Waals surface area contributed by atoms with Crippen molar-refractivity contribution in [2.45, 2.75) is 12.3 Å². The zero-order chi connectivity index (χ0) is 23.6. The number of amides is 1. The minimum atomic E-state index is -1.82. The summed E-state index contributed by atoms with van der Waals surface area (Å²) in [6.45, 7) is 2.49. The first-order chi connectivity index (χ1) is 15.9. The van der Waals surface area contributed by atoms with Gasteiger partial charge in [0, 0.05) is 32.0 Å². The summed E-state index contributed by atoms with van der Waals surface area (Å²) in [7, 11) is 0. The van der Waals surface area contributed by atoms with Gasteiger partial charge in [0.15, 0.2) is 0 Å². The minimum absolute atomic E-state index is 0.0372. The molecule has 3 heterocycles. The summed E-state index contributed by atoms with van der Waals surface area (Å²) >= 11 is 0. The molecule has 1 saturated heterocycles. The lowest BCUT2D eigenvalue weighted by Gasteiger charge is -2.36. The third-order valence-electron chi connectivity index (χ3n) is 4.67. The van der Waals surface area contributed by atoms with Crippen LogP contribution < -0.4 is 5.32 Å². The molecular formula is C21H22N6O6. The largest absolute Gasteiger partial charge is 0.473 e. The van der Waals surface area contributed by atoms with E-state index in [-0.39, 0.29) is 11.8 Å². The van der Waals surface area contributed by atoms with E-state index in [0.29, 0.717) is 30.5 Å². The van der Waals surface area contributed by atoms with Gasteiger partial charge in [0.1, 0.15) is 5.69 Å². The maximum Gasteiger partial charge on any atom is 0.414 e. The van der Waals surface area contributed by atoms with E-state index in [1.54, 1.807) is 18.6 Å². The standard InChI is InChI=1S/C19H20N6O2.C2H2O4/c26-17(22-7-6-14-4-2-1-3-5-14)13-25-11-15(12-25)19-23-18(24-27-19)16-10-20-8-9-21-16;3-1(4)2(5)6/h1-5,8-10,15H,6-7,11-13H2,(H,22,26);(H,3,4)(H,5,6). The lowest BCUT2D eigenvalue weighted by Crippen LogP contribution is -2.49. The summed E-state index contributed by atoms with van der Waals surface area (Å²) in [6.07, 6.45) is 5.62. The van der Waals surface area contributed by atoms with Crippen LogP contribution in [0.2, 0.25) is 0 Å². The molecule has 3 aromatic rings. The Bertz CT molecular complexity index is 1060. The zero-order valence-electron chi connectivity index (χ0n) is 17.5. The average Bonchev–Trinajstić information content (AvgIpc) is 3.27. The first-order valence-electron chi connectivity index (χ1n) is 10.0. The fraction of sp³-hybridized carbons (Fsp3) is 0.286. The summed E-state index contributed by atoms with van der Waals surface area (Å²) < 4.78 is 5.33. The summed E-state index contributed by atoms with van der Waals surface area (Å²) in [6, 6.07) is 10.1. The van der Waals surface area contributed by atoms with E-state index in [9.17, 15) is 4.79 Å². The molecule has 2 aromatic heterocycles. The van der Waals surface area contributed by atoms with Crippen LogP contribution in [0.1, 0.15) is 17.4 Å². The van der Waals surface area contributed by atoms with E-state index in [2.05, 4.69) is 42.5 Å². The molecule has 1 aliphatic rings. The summed E-state index contributed by atoms with van der Waals surface area (Å²) in [5.74, 6) is -2.44. The third kappa shape index (κ3) is 7.18. The molecule has 0 spiro atoms.